The first kappa shape index (κ1) is 28.8. The number of aryl methyl sites for hydroxylation is 1. The average molecular weight is 578 g/mol. The SMILES string of the molecule is COCCCn1c([C@@H]2CCCN(C(=O)C[C@H](N)Cc3ccc(-n4cc5ccccc5cc4=O)cc3)C2)nc2ccccc21. The van der Waals surface area contributed by atoms with E-state index in [1.165, 1.54) is 0 Å². The Labute approximate surface area is 251 Å². The van der Waals surface area contributed by atoms with Gasteiger partial charge in [-0.2, -0.15) is 0 Å². The molecule has 2 atom stereocenters. The summed E-state index contributed by atoms with van der Waals surface area (Å²) in [6, 6.07) is 25.3. The maximum absolute atomic E-state index is 13.4. The minimum Gasteiger partial charge on any atom is -0.385 e. The molecule has 1 saturated heterocycles. The molecule has 0 bridgehead atoms. The molecule has 3 heterocycles. The minimum absolute atomic E-state index is 0.0703. The van der Waals surface area contributed by atoms with Crippen molar-refractivity contribution in [2.45, 2.75) is 50.6 Å². The average Bonchev–Trinajstić information content (AvgIpc) is 3.40. The molecule has 1 aliphatic rings. The number of carbonyl (C=O) groups is 1. The first-order valence-corrected chi connectivity index (χ1v) is 15.2. The summed E-state index contributed by atoms with van der Waals surface area (Å²) in [7, 11) is 1.73. The number of benzene rings is 3. The molecule has 0 radical (unpaired) electrons. The van der Waals surface area contributed by atoms with Gasteiger partial charge in [0, 0.05) is 69.7 Å². The lowest BCUT2D eigenvalue weighted by Gasteiger charge is -2.33. The Morgan fingerprint density at radius 2 is 1.81 bits per heavy atom. The van der Waals surface area contributed by atoms with Crippen molar-refractivity contribution in [2.75, 3.05) is 26.8 Å². The summed E-state index contributed by atoms with van der Waals surface area (Å²) in [6.07, 6.45) is 5.62. The van der Waals surface area contributed by atoms with Gasteiger partial charge in [-0.3, -0.25) is 14.2 Å². The first-order valence-electron chi connectivity index (χ1n) is 15.2. The van der Waals surface area contributed by atoms with E-state index in [-0.39, 0.29) is 23.4 Å². The predicted octanol–water partition coefficient (Wildman–Crippen LogP) is 5.04. The maximum atomic E-state index is 13.4. The van der Waals surface area contributed by atoms with E-state index in [1.54, 1.807) is 17.7 Å². The van der Waals surface area contributed by atoms with Crippen LogP contribution in [0.2, 0.25) is 0 Å². The lowest BCUT2D eigenvalue weighted by atomic mass is 9.96. The third-order valence-corrected chi connectivity index (χ3v) is 8.48. The van der Waals surface area contributed by atoms with Gasteiger partial charge in [0.15, 0.2) is 0 Å². The smallest absolute Gasteiger partial charge is 0.255 e. The van der Waals surface area contributed by atoms with Crippen LogP contribution >= 0.6 is 0 Å². The summed E-state index contributed by atoms with van der Waals surface area (Å²) in [4.78, 5) is 33.1. The number of hydrogen-bond donors (Lipinski definition) is 1. The molecule has 0 unspecified atom stereocenters. The number of amides is 1. The van der Waals surface area contributed by atoms with E-state index in [1.807, 2.05) is 65.7 Å². The van der Waals surface area contributed by atoms with Crippen LogP contribution in [-0.2, 0) is 22.5 Å². The summed E-state index contributed by atoms with van der Waals surface area (Å²) in [5, 5.41) is 1.94. The number of likely N-dealkylation sites (tertiary alicyclic amines) is 1. The number of nitrogens with zero attached hydrogens (tertiary/aromatic N) is 4. The van der Waals surface area contributed by atoms with Crippen molar-refractivity contribution < 1.29 is 9.53 Å². The number of nitrogens with two attached hydrogens (primary N) is 1. The molecule has 0 saturated carbocycles. The number of aromatic nitrogens is 3. The number of methoxy groups -OCH3 is 1. The largest absolute Gasteiger partial charge is 0.385 e. The second-order valence-corrected chi connectivity index (χ2v) is 11.6. The highest BCUT2D eigenvalue weighted by atomic mass is 16.5. The molecule has 0 spiro atoms. The summed E-state index contributed by atoms with van der Waals surface area (Å²) >= 11 is 0. The lowest BCUT2D eigenvalue weighted by Crippen LogP contribution is -2.42. The molecule has 222 valence electrons. The van der Waals surface area contributed by atoms with Crippen LogP contribution in [0.3, 0.4) is 0 Å². The molecule has 2 aromatic heterocycles. The van der Waals surface area contributed by atoms with Crippen LogP contribution in [0.15, 0.2) is 89.9 Å². The van der Waals surface area contributed by atoms with Gasteiger partial charge in [0.2, 0.25) is 5.91 Å². The maximum Gasteiger partial charge on any atom is 0.255 e. The summed E-state index contributed by atoms with van der Waals surface area (Å²) in [5.74, 6) is 1.35. The number of ether oxygens (including phenoxy) is 1. The zero-order chi connectivity index (χ0) is 29.8. The van der Waals surface area contributed by atoms with Crippen molar-refractivity contribution in [3.63, 3.8) is 0 Å². The molecule has 43 heavy (non-hydrogen) atoms. The van der Waals surface area contributed by atoms with Crippen molar-refractivity contribution in [2.24, 2.45) is 5.73 Å². The fourth-order valence-electron chi connectivity index (χ4n) is 6.31. The molecule has 1 amide bonds. The van der Waals surface area contributed by atoms with Gasteiger partial charge in [0.05, 0.1) is 11.0 Å². The number of imidazole rings is 1. The lowest BCUT2D eigenvalue weighted by molar-refractivity contribution is -0.132. The number of pyridine rings is 1. The van der Waals surface area contributed by atoms with E-state index in [2.05, 4.69) is 22.8 Å². The Hall–Kier alpha value is -4.27. The summed E-state index contributed by atoms with van der Waals surface area (Å²) in [5.41, 5.74) is 10.4. The van der Waals surface area contributed by atoms with E-state index >= 15 is 0 Å². The van der Waals surface area contributed by atoms with Gasteiger partial charge in [0.1, 0.15) is 5.82 Å². The summed E-state index contributed by atoms with van der Waals surface area (Å²) < 4.78 is 9.27. The summed E-state index contributed by atoms with van der Waals surface area (Å²) in [6.45, 7) is 2.95. The van der Waals surface area contributed by atoms with Gasteiger partial charge < -0.3 is 19.9 Å². The van der Waals surface area contributed by atoms with Crippen molar-refractivity contribution in [1.82, 2.24) is 19.0 Å². The number of piperidine rings is 1. The normalized spacial score (nSPS) is 16.1. The number of fused-ring (bicyclic) bond motifs is 2. The van der Waals surface area contributed by atoms with Crippen molar-refractivity contribution >= 4 is 27.7 Å². The van der Waals surface area contributed by atoms with Crippen LogP contribution in [0, 0.1) is 0 Å². The number of rotatable bonds is 10. The molecule has 6 rings (SSSR count). The van der Waals surface area contributed by atoms with Crippen LogP contribution in [0.5, 0.6) is 0 Å². The third kappa shape index (κ3) is 6.40. The molecule has 8 nitrogen and oxygen atoms in total. The topological polar surface area (TPSA) is 95.4 Å². The van der Waals surface area contributed by atoms with Crippen LogP contribution in [0.25, 0.3) is 27.5 Å². The van der Waals surface area contributed by atoms with E-state index in [9.17, 15) is 9.59 Å². The fraction of sp³-hybridized carbons (Fsp3) is 0.343. The molecule has 1 aliphatic heterocycles. The van der Waals surface area contributed by atoms with Crippen molar-refractivity contribution in [1.29, 1.82) is 0 Å². The molecule has 2 N–H and O–H groups in total. The Bertz CT molecular complexity index is 1770. The quantitative estimate of drug-likeness (QED) is 0.235. The van der Waals surface area contributed by atoms with E-state index in [0.717, 1.165) is 71.2 Å². The molecule has 3 aromatic carbocycles. The predicted molar refractivity (Wildman–Crippen MR) is 171 cm³/mol. The fourth-order valence-corrected chi connectivity index (χ4v) is 6.31. The van der Waals surface area contributed by atoms with Gasteiger partial charge in [-0.25, -0.2) is 4.98 Å². The monoisotopic (exact) mass is 577 g/mol. The van der Waals surface area contributed by atoms with Gasteiger partial charge in [-0.1, -0.05) is 48.5 Å². The van der Waals surface area contributed by atoms with Gasteiger partial charge in [-0.05, 0) is 66.3 Å². The zero-order valence-corrected chi connectivity index (χ0v) is 24.7. The standard InChI is InChI=1S/C35H39N5O3/c1-43-19-7-18-39-32-12-5-4-11-31(32)37-35(39)28-10-6-17-38(23-28)33(41)22-29(36)20-25-13-15-30(16-14-25)40-24-27-9-3-2-8-26(27)21-34(40)42/h2-5,8-9,11-16,21,24,28-29H,6-7,10,17-20,22-23,36H2,1H3/t28-,29-/m1/s1. The molecule has 0 aliphatic carbocycles. The van der Waals surface area contributed by atoms with E-state index in [0.29, 0.717) is 26.0 Å². The number of hydrogen-bond acceptors (Lipinski definition) is 5. The van der Waals surface area contributed by atoms with Crippen molar-refractivity contribution in [3.8, 4) is 5.69 Å². The van der Waals surface area contributed by atoms with E-state index in [4.69, 9.17) is 15.5 Å². The second kappa shape index (κ2) is 12.9. The van der Waals surface area contributed by atoms with E-state index < -0.39 is 0 Å². The number of para-hydroxylation sites is 2. The van der Waals surface area contributed by atoms with Crippen LogP contribution in [0.1, 0.15) is 43.0 Å². The number of carbonyl (C=O) groups excluding carboxylic acids is 1. The van der Waals surface area contributed by atoms with Gasteiger partial charge in [-0.15, -0.1) is 0 Å². The molecular weight excluding hydrogens is 538 g/mol. The van der Waals surface area contributed by atoms with Gasteiger partial charge in [0.25, 0.3) is 5.56 Å². The Morgan fingerprint density at radius 3 is 2.63 bits per heavy atom. The first-order chi connectivity index (χ1) is 21.0. The Kier molecular flexibility index (Phi) is 8.67. The van der Waals surface area contributed by atoms with Crippen LogP contribution in [-0.4, -0.2) is 57.8 Å². The van der Waals surface area contributed by atoms with Crippen LogP contribution < -0.4 is 11.3 Å². The molecule has 1 fully saturated rings. The van der Waals surface area contributed by atoms with Crippen molar-refractivity contribution in [3.05, 3.63) is 107 Å². The van der Waals surface area contributed by atoms with Gasteiger partial charge >= 0.3 is 0 Å². The highest BCUT2D eigenvalue weighted by Gasteiger charge is 2.29. The molecule has 8 heteroatoms. The minimum atomic E-state index is -0.291. The third-order valence-electron chi connectivity index (χ3n) is 8.48. The highest BCUT2D eigenvalue weighted by molar-refractivity contribution is 5.81. The second-order valence-electron chi connectivity index (χ2n) is 11.6. The molecular formula is C35H39N5O3. The highest BCUT2D eigenvalue weighted by Crippen LogP contribution is 2.30. The Morgan fingerprint density at radius 1 is 1.05 bits per heavy atom. The van der Waals surface area contributed by atoms with Crippen LogP contribution in [0.4, 0.5) is 0 Å². The zero-order valence-electron chi connectivity index (χ0n) is 24.7. The Balaban J connectivity index is 1.09. The molecule has 5 aromatic rings.